The van der Waals surface area contributed by atoms with Gasteiger partial charge in [-0.25, -0.2) is 0 Å². The summed E-state index contributed by atoms with van der Waals surface area (Å²) >= 11 is 1.60. The summed E-state index contributed by atoms with van der Waals surface area (Å²) in [4.78, 5) is 14.6. The van der Waals surface area contributed by atoms with Crippen molar-refractivity contribution in [1.29, 1.82) is 0 Å². The standard InChI is InChI=1S/C15H19F3N2OS/c1-22-13-6-4-12(5-7-13)19-14(21)10-20-8-2-3-11(9-20)15(16,17)18/h4-7,11H,2-3,8-10H2,1H3,(H,19,21). The lowest BCUT2D eigenvalue weighted by atomic mass is 9.97. The number of thioether (sulfide) groups is 1. The molecule has 1 aromatic rings. The van der Waals surface area contributed by atoms with Gasteiger partial charge in [0.2, 0.25) is 5.91 Å². The third-order valence-corrected chi connectivity index (χ3v) is 4.45. The molecule has 0 spiro atoms. The van der Waals surface area contributed by atoms with Crippen molar-refractivity contribution in [2.75, 3.05) is 31.2 Å². The minimum atomic E-state index is -4.18. The number of carbonyl (C=O) groups is 1. The highest BCUT2D eigenvalue weighted by molar-refractivity contribution is 7.98. The minimum Gasteiger partial charge on any atom is -0.325 e. The molecule has 1 atom stereocenters. The Morgan fingerprint density at radius 2 is 2.05 bits per heavy atom. The van der Waals surface area contributed by atoms with Crippen LogP contribution in [0.4, 0.5) is 18.9 Å². The Morgan fingerprint density at radius 1 is 1.36 bits per heavy atom. The zero-order valence-corrected chi connectivity index (χ0v) is 13.1. The van der Waals surface area contributed by atoms with Crippen molar-refractivity contribution < 1.29 is 18.0 Å². The molecule has 1 aromatic carbocycles. The maximum Gasteiger partial charge on any atom is 0.393 e. The van der Waals surface area contributed by atoms with E-state index in [9.17, 15) is 18.0 Å². The van der Waals surface area contributed by atoms with Gasteiger partial charge in [0.05, 0.1) is 12.5 Å². The van der Waals surface area contributed by atoms with E-state index < -0.39 is 12.1 Å². The molecule has 0 aromatic heterocycles. The minimum absolute atomic E-state index is 0.00312. The van der Waals surface area contributed by atoms with Gasteiger partial charge in [-0.3, -0.25) is 9.69 Å². The van der Waals surface area contributed by atoms with Crippen LogP contribution in [0.1, 0.15) is 12.8 Å². The third-order valence-electron chi connectivity index (χ3n) is 3.71. The highest BCUT2D eigenvalue weighted by Gasteiger charge is 2.41. The molecule has 0 bridgehead atoms. The SMILES string of the molecule is CSc1ccc(NC(=O)CN2CCCC(C(F)(F)F)C2)cc1. The van der Waals surface area contributed by atoms with Crippen molar-refractivity contribution in [2.45, 2.75) is 23.9 Å². The molecule has 1 unspecified atom stereocenters. The quantitative estimate of drug-likeness (QED) is 0.855. The predicted molar refractivity (Wildman–Crippen MR) is 82.1 cm³/mol. The maximum atomic E-state index is 12.7. The number of rotatable bonds is 4. The molecule has 1 heterocycles. The van der Waals surface area contributed by atoms with Crippen molar-refractivity contribution in [2.24, 2.45) is 5.92 Å². The van der Waals surface area contributed by atoms with E-state index in [1.165, 1.54) is 0 Å². The van der Waals surface area contributed by atoms with Crippen molar-refractivity contribution in [3.63, 3.8) is 0 Å². The van der Waals surface area contributed by atoms with E-state index in [0.29, 0.717) is 18.7 Å². The van der Waals surface area contributed by atoms with Crippen LogP contribution in [0.25, 0.3) is 0 Å². The molecule has 1 aliphatic heterocycles. The predicted octanol–water partition coefficient (Wildman–Crippen LogP) is 3.62. The molecule has 1 aliphatic rings. The van der Waals surface area contributed by atoms with E-state index in [2.05, 4.69) is 5.32 Å². The molecule has 0 radical (unpaired) electrons. The number of carbonyl (C=O) groups excluding carboxylic acids is 1. The van der Waals surface area contributed by atoms with Gasteiger partial charge in [-0.05, 0) is 49.9 Å². The van der Waals surface area contributed by atoms with Gasteiger partial charge in [0.15, 0.2) is 0 Å². The van der Waals surface area contributed by atoms with Gasteiger partial charge in [-0.1, -0.05) is 0 Å². The van der Waals surface area contributed by atoms with E-state index in [1.807, 2.05) is 18.4 Å². The topological polar surface area (TPSA) is 32.3 Å². The normalized spacial score (nSPS) is 19.9. The molecule has 0 aliphatic carbocycles. The Bertz CT molecular complexity index is 505. The summed E-state index contributed by atoms with van der Waals surface area (Å²) < 4.78 is 38.2. The van der Waals surface area contributed by atoms with Crippen molar-refractivity contribution in [3.05, 3.63) is 24.3 Å². The van der Waals surface area contributed by atoms with E-state index in [0.717, 1.165) is 4.90 Å². The first kappa shape index (κ1) is 17.1. The average molecular weight is 332 g/mol. The van der Waals surface area contributed by atoms with Crippen LogP contribution in [0.5, 0.6) is 0 Å². The Hall–Kier alpha value is -1.21. The van der Waals surface area contributed by atoms with E-state index in [4.69, 9.17) is 0 Å². The number of benzene rings is 1. The number of halogens is 3. The summed E-state index contributed by atoms with van der Waals surface area (Å²) in [6.45, 7) is 0.435. The lowest BCUT2D eigenvalue weighted by Gasteiger charge is -2.33. The van der Waals surface area contributed by atoms with Gasteiger partial charge < -0.3 is 5.32 Å². The van der Waals surface area contributed by atoms with Gasteiger partial charge in [0.25, 0.3) is 0 Å². The molecule has 1 saturated heterocycles. The number of hydrogen-bond acceptors (Lipinski definition) is 3. The lowest BCUT2D eigenvalue weighted by molar-refractivity contribution is -0.186. The molecule has 1 N–H and O–H groups in total. The second kappa shape index (κ2) is 7.37. The monoisotopic (exact) mass is 332 g/mol. The molecule has 7 heteroatoms. The van der Waals surface area contributed by atoms with Gasteiger partial charge in [-0.15, -0.1) is 11.8 Å². The Balaban J connectivity index is 1.85. The summed E-state index contributed by atoms with van der Waals surface area (Å²) in [5, 5.41) is 2.72. The van der Waals surface area contributed by atoms with Crippen LogP contribution in [0.2, 0.25) is 0 Å². The van der Waals surface area contributed by atoms with Gasteiger partial charge in [-0.2, -0.15) is 13.2 Å². The second-order valence-corrected chi connectivity index (χ2v) is 6.27. The summed E-state index contributed by atoms with van der Waals surface area (Å²) in [7, 11) is 0. The molecule has 22 heavy (non-hydrogen) atoms. The molecular weight excluding hydrogens is 313 g/mol. The Kier molecular flexibility index (Phi) is 5.74. The molecular formula is C15H19F3N2OS. The summed E-state index contributed by atoms with van der Waals surface area (Å²) in [5.41, 5.74) is 0.659. The molecule has 1 amide bonds. The fraction of sp³-hybridized carbons (Fsp3) is 0.533. The largest absolute Gasteiger partial charge is 0.393 e. The molecule has 1 fully saturated rings. The fourth-order valence-corrected chi connectivity index (χ4v) is 2.95. The first-order valence-electron chi connectivity index (χ1n) is 7.11. The smallest absolute Gasteiger partial charge is 0.325 e. The zero-order valence-electron chi connectivity index (χ0n) is 12.3. The highest BCUT2D eigenvalue weighted by Crippen LogP contribution is 2.32. The number of nitrogens with one attached hydrogen (secondary N) is 1. The van der Waals surface area contributed by atoms with E-state index >= 15 is 0 Å². The van der Waals surface area contributed by atoms with Crippen LogP contribution < -0.4 is 5.32 Å². The average Bonchev–Trinajstić information content (AvgIpc) is 2.47. The van der Waals surface area contributed by atoms with Crippen LogP contribution >= 0.6 is 11.8 Å². The number of nitrogens with zero attached hydrogens (tertiary/aromatic N) is 1. The second-order valence-electron chi connectivity index (χ2n) is 5.39. The number of piperidine rings is 1. The summed E-state index contributed by atoms with van der Waals surface area (Å²) in [6, 6.07) is 7.36. The van der Waals surface area contributed by atoms with Gasteiger partial charge in [0, 0.05) is 17.1 Å². The van der Waals surface area contributed by atoms with Crippen molar-refractivity contribution in [3.8, 4) is 0 Å². The Labute approximate surface area is 132 Å². The van der Waals surface area contributed by atoms with E-state index in [-0.39, 0.29) is 25.4 Å². The van der Waals surface area contributed by atoms with Crippen LogP contribution in [0.15, 0.2) is 29.2 Å². The first-order chi connectivity index (χ1) is 10.4. The number of alkyl halides is 3. The highest BCUT2D eigenvalue weighted by atomic mass is 32.2. The van der Waals surface area contributed by atoms with Gasteiger partial charge in [0.1, 0.15) is 0 Å². The molecule has 122 valence electrons. The van der Waals surface area contributed by atoms with Crippen LogP contribution in [0, 0.1) is 5.92 Å². The van der Waals surface area contributed by atoms with E-state index in [1.54, 1.807) is 28.8 Å². The number of hydrogen-bond donors (Lipinski definition) is 1. The third kappa shape index (κ3) is 4.91. The zero-order chi connectivity index (χ0) is 16.2. The maximum absolute atomic E-state index is 12.7. The number of likely N-dealkylation sites (tertiary alicyclic amines) is 1. The Morgan fingerprint density at radius 3 is 2.64 bits per heavy atom. The number of anilines is 1. The summed E-state index contributed by atoms with van der Waals surface area (Å²) in [5.74, 6) is -1.60. The molecule has 2 rings (SSSR count). The molecule has 0 saturated carbocycles. The summed E-state index contributed by atoms with van der Waals surface area (Å²) in [6.07, 6.45) is -1.60. The van der Waals surface area contributed by atoms with Crippen LogP contribution in [-0.2, 0) is 4.79 Å². The number of amides is 1. The lowest BCUT2D eigenvalue weighted by Crippen LogP contribution is -2.44. The first-order valence-corrected chi connectivity index (χ1v) is 8.34. The van der Waals surface area contributed by atoms with Crippen molar-refractivity contribution >= 4 is 23.4 Å². The molecule has 3 nitrogen and oxygen atoms in total. The fourth-order valence-electron chi connectivity index (χ4n) is 2.54. The van der Waals surface area contributed by atoms with Crippen molar-refractivity contribution in [1.82, 2.24) is 4.90 Å². The van der Waals surface area contributed by atoms with Gasteiger partial charge >= 0.3 is 6.18 Å². The van der Waals surface area contributed by atoms with Crippen LogP contribution in [0.3, 0.4) is 0 Å². The van der Waals surface area contributed by atoms with Crippen LogP contribution in [-0.4, -0.2) is 42.9 Å².